The van der Waals surface area contributed by atoms with Crippen molar-refractivity contribution in [2.75, 3.05) is 0 Å². The van der Waals surface area contributed by atoms with Gasteiger partial charge >= 0.3 is 23.9 Å². The fourth-order valence-corrected chi connectivity index (χ4v) is 0.390. The van der Waals surface area contributed by atoms with Crippen LogP contribution in [0.1, 0.15) is 6.92 Å². The normalized spacial score (nSPS) is 10.3. The van der Waals surface area contributed by atoms with Gasteiger partial charge in [0.2, 0.25) is 0 Å². The molecule has 0 aliphatic carbocycles. The van der Waals surface area contributed by atoms with Gasteiger partial charge in [0, 0.05) is 23.8 Å². The average molecular weight is 246 g/mol. The van der Waals surface area contributed by atoms with Crippen LogP contribution < -0.4 is 0 Å². The minimum Gasteiger partial charge on any atom is -0.478 e. The lowest BCUT2D eigenvalue weighted by Crippen LogP contribution is -1.99. The number of hydrogen-bond donors (Lipinski definition) is 4. The third-order valence-corrected chi connectivity index (χ3v) is 1.05. The smallest absolute Gasteiger partial charge is 0.331 e. The maximum atomic E-state index is 9.90. The van der Waals surface area contributed by atoms with E-state index in [4.69, 9.17) is 20.4 Å². The lowest BCUT2D eigenvalue weighted by atomic mass is 10.3. The number of aliphatic carboxylic acids is 4. The van der Waals surface area contributed by atoms with E-state index in [-0.39, 0.29) is 5.57 Å². The van der Waals surface area contributed by atoms with Crippen LogP contribution in [0.4, 0.5) is 0 Å². The van der Waals surface area contributed by atoms with Gasteiger partial charge in [-0.15, -0.1) is 0 Å². The van der Waals surface area contributed by atoms with Crippen molar-refractivity contribution in [2.45, 2.75) is 6.92 Å². The second-order valence-corrected chi connectivity index (χ2v) is 2.48. The first-order chi connectivity index (χ1) is 7.66. The summed E-state index contributed by atoms with van der Waals surface area (Å²) in [4.78, 5) is 38.8. The number of rotatable bonds is 4. The summed E-state index contributed by atoms with van der Waals surface area (Å²) in [7, 11) is 0. The van der Waals surface area contributed by atoms with E-state index in [2.05, 4.69) is 0 Å². The van der Waals surface area contributed by atoms with Crippen molar-refractivity contribution in [1.29, 1.82) is 0 Å². The molecule has 0 aromatic heterocycles. The van der Waals surface area contributed by atoms with Crippen molar-refractivity contribution in [3.05, 3.63) is 23.8 Å². The SMILES string of the molecule is C/C(=C/C(=O)O)C(=O)O.O=C(O)/C=C/C(=O)O. The van der Waals surface area contributed by atoms with E-state index < -0.39 is 23.9 Å². The molecule has 0 bridgehead atoms. The lowest BCUT2D eigenvalue weighted by molar-refractivity contribution is -0.135. The highest BCUT2D eigenvalue weighted by Gasteiger charge is 2.00. The first kappa shape index (κ1) is 16.8. The Morgan fingerprint density at radius 3 is 1.24 bits per heavy atom. The molecule has 0 aromatic carbocycles. The fraction of sp³-hybridized carbons (Fsp3) is 0.111. The van der Waals surface area contributed by atoms with Gasteiger partial charge in [-0.25, -0.2) is 19.2 Å². The molecule has 0 fully saturated rings. The molecule has 0 amide bonds. The van der Waals surface area contributed by atoms with Gasteiger partial charge < -0.3 is 20.4 Å². The van der Waals surface area contributed by atoms with Crippen LogP contribution in [0.5, 0.6) is 0 Å². The molecule has 0 aromatic rings. The Hall–Kier alpha value is -2.64. The largest absolute Gasteiger partial charge is 0.478 e. The first-order valence-electron chi connectivity index (χ1n) is 3.95. The molecule has 94 valence electrons. The van der Waals surface area contributed by atoms with Crippen molar-refractivity contribution in [2.24, 2.45) is 0 Å². The zero-order valence-corrected chi connectivity index (χ0v) is 8.65. The third-order valence-electron chi connectivity index (χ3n) is 1.05. The van der Waals surface area contributed by atoms with E-state index in [0.29, 0.717) is 18.2 Å². The summed E-state index contributed by atoms with van der Waals surface area (Å²) in [6.07, 6.45) is 1.76. The van der Waals surface area contributed by atoms with Crippen LogP contribution in [0.15, 0.2) is 23.8 Å². The van der Waals surface area contributed by atoms with E-state index in [0.717, 1.165) is 0 Å². The summed E-state index contributed by atoms with van der Waals surface area (Å²) in [6, 6.07) is 0. The molecule has 0 saturated heterocycles. The maximum Gasteiger partial charge on any atom is 0.331 e. The second-order valence-electron chi connectivity index (χ2n) is 2.48. The Labute approximate surface area is 95.1 Å². The van der Waals surface area contributed by atoms with Crippen LogP contribution in [0.25, 0.3) is 0 Å². The molecule has 0 heterocycles. The zero-order valence-electron chi connectivity index (χ0n) is 8.65. The van der Waals surface area contributed by atoms with E-state index in [9.17, 15) is 19.2 Å². The minimum atomic E-state index is -1.26. The number of hydrogen-bond acceptors (Lipinski definition) is 4. The Balaban J connectivity index is 0. The molecular formula is C9H10O8. The van der Waals surface area contributed by atoms with Gasteiger partial charge in [0.15, 0.2) is 0 Å². The second kappa shape index (κ2) is 8.65. The van der Waals surface area contributed by atoms with Gasteiger partial charge in [-0.1, -0.05) is 0 Å². The molecule has 0 saturated carbocycles. The maximum absolute atomic E-state index is 9.90. The molecule has 0 spiro atoms. The van der Waals surface area contributed by atoms with Crippen LogP contribution >= 0.6 is 0 Å². The molecule has 0 aliphatic heterocycles. The summed E-state index contributed by atoms with van der Waals surface area (Å²) < 4.78 is 0. The molecular weight excluding hydrogens is 236 g/mol. The summed E-state index contributed by atoms with van der Waals surface area (Å²) in [5, 5.41) is 31.7. The van der Waals surface area contributed by atoms with E-state index in [1.807, 2.05) is 0 Å². The molecule has 0 radical (unpaired) electrons. The van der Waals surface area contributed by atoms with Crippen molar-refractivity contribution >= 4 is 23.9 Å². The summed E-state index contributed by atoms with van der Waals surface area (Å²) in [5.41, 5.74) is -0.178. The summed E-state index contributed by atoms with van der Waals surface area (Å²) >= 11 is 0. The predicted molar refractivity (Wildman–Crippen MR) is 53.4 cm³/mol. The van der Waals surface area contributed by atoms with Gasteiger partial charge in [-0.2, -0.15) is 0 Å². The molecule has 4 N–H and O–H groups in total. The standard InChI is InChI=1S/C5H6O4.C4H4O4/c1-3(5(8)9)2-4(6)7;5-3(6)1-2-4(7)8/h2H,1H3,(H,6,7)(H,8,9);1-2H,(H,5,6)(H,7,8)/b3-2-;2-1+. The predicted octanol–water partition coefficient (Wildman–Crippen LogP) is -0.186. The van der Waals surface area contributed by atoms with Crippen LogP contribution in [-0.4, -0.2) is 44.3 Å². The summed E-state index contributed by atoms with van der Waals surface area (Å²) in [6.45, 7) is 1.22. The molecule has 0 aliphatic rings. The van der Waals surface area contributed by atoms with Gasteiger partial charge in [0.25, 0.3) is 0 Å². The monoisotopic (exact) mass is 246 g/mol. The zero-order chi connectivity index (χ0) is 14.0. The highest BCUT2D eigenvalue weighted by molar-refractivity contribution is 5.94. The van der Waals surface area contributed by atoms with Crippen LogP contribution in [0.2, 0.25) is 0 Å². The fourth-order valence-electron chi connectivity index (χ4n) is 0.390. The Morgan fingerprint density at radius 2 is 1.12 bits per heavy atom. The number of carbonyl (C=O) groups is 4. The summed E-state index contributed by atoms with van der Waals surface area (Å²) in [5.74, 6) is -4.97. The minimum absolute atomic E-state index is 0.178. The van der Waals surface area contributed by atoms with Gasteiger partial charge in [-0.05, 0) is 6.92 Å². The van der Waals surface area contributed by atoms with Crippen LogP contribution in [-0.2, 0) is 19.2 Å². The molecule has 0 atom stereocenters. The Bertz CT molecular complexity index is 360. The van der Waals surface area contributed by atoms with Gasteiger partial charge in [0.1, 0.15) is 0 Å². The van der Waals surface area contributed by atoms with Gasteiger partial charge in [-0.3, -0.25) is 0 Å². The average Bonchev–Trinajstić information content (AvgIpc) is 2.14. The molecule has 8 nitrogen and oxygen atoms in total. The molecule has 8 heteroatoms. The van der Waals surface area contributed by atoms with Crippen molar-refractivity contribution in [3.8, 4) is 0 Å². The van der Waals surface area contributed by atoms with Crippen molar-refractivity contribution in [3.63, 3.8) is 0 Å². The van der Waals surface area contributed by atoms with E-state index >= 15 is 0 Å². The van der Waals surface area contributed by atoms with Crippen LogP contribution in [0, 0.1) is 0 Å². The van der Waals surface area contributed by atoms with E-state index in [1.54, 1.807) is 0 Å². The quantitative estimate of drug-likeness (QED) is 0.498. The van der Waals surface area contributed by atoms with Crippen LogP contribution in [0.3, 0.4) is 0 Å². The first-order valence-corrected chi connectivity index (χ1v) is 3.95. The Kier molecular flexibility index (Phi) is 8.54. The lowest BCUT2D eigenvalue weighted by Gasteiger charge is -1.86. The molecule has 0 unspecified atom stereocenters. The topological polar surface area (TPSA) is 149 Å². The van der Waals surface area contributed by atoms with E-state index in [1.165, 1.54) is 6.92 Å². The number of carboxylic acids is 4. The highest BCUT2D eigenvalue weighted by Crippen LogP contribution is 1.89. The number of carboxylic acid groups (broad SMARTS) is 4. The third kappa shape index (κ3) is 16.1. The molecule has 0 rings (SSSR count). The van der Waals surface area contributed by atoms with Crippen molar-refractivity contribution < 1.29 is 39.6 Å². The Morgan fingerprint density at radius 1 is 0.765 bits per heavy atom. The highest BCUT2D eigenvalue weighted by atomic mass is 16.4. The van der Waals surface area contributed by atoms with Crippen molar-refractivity contribution in [1.82, 2.24) is 0 Å². The molecule has 17 heavy (non-hydrogen) atoms. The van der Waals surface area contributed by atoms with Gasteiger partial charge in [0.05, 0.1) is 0 Å².